The van der Waals surface area contributed by atoms with Crippen LogP contribution in [0.5, 0.6) is 5.75 Å². The maximum absolute atomic E-state index is 12.3. The third kappa shape index (κ3) is 4.58. The Labute approximate surface area is 167 Å². The zero-order valence-corrected chi connectivity index (χ0v) is 16.2. The molecule has 0 saturated heterocycles. The van der Waals surface area contributed by atoms with Gasteiger partial charge in [-0.3, -0.25) is 4.79 Å². The number of carbonyl (C=O) groups excluding carboxylic acids is 2. The summed E-state index contributed by atoms with van der Waals surface area (Å²) in [6, 6.07) is 14.0. The Kier molecular flexibility index (Phi) is 6.11. The van der Waals surface area contributed by atoms with Crippen LogP contribution in [0.15, 0.2) is 48.5 Å². The standard InChI is InChI=1S/C21H19ClN2O4/c1-3-13-5-4-6-15(9-13)23-20(25)12-28-19-11-18(21(26)27-2)24-17-8-7-14(22)10-16(17)19/h4-11H,3,12H2,1-2H3,(H,23,25). The molecule has 6 nitrogen and oxygen atoms in total. The van der Waals surface area contributed by atoms with E-state index in [1.807, 2.05) is 31.2 Å². The number of hydrogen-bond acceptors (Lipinski definition) is 5. The second kappa shape index (κ2) is 8.71. The summed E-state index contributed by atoms with van der Waals surface area (Å²) in [7, 11) is 1.27. The maximum atomic E-state index is 12.3. The minimum absolute atomic E-state index is 0.0865. The van der Waals surface area contributed by atoms with Crippen LogP contribution in [0.1, 0.15) is 23.0 Å². The van der Waals surface area contributed by atoms with Gasteiger partial charge in [-0.05, 0) is 42.3 Å². The Morgan fingerprint density at radius 2 is 1.96 bits per heavy atom. The highest BCUT2D eigenvalue weighted by atomic mass is 35.5. The molecule has 1 heterocycles. The molecule has 0 aliphatic carbocycles. The van der Waals surface area contributed by atoms with Gasteiger partial charge >= 0.3 is 5.97 Å². The second-order valence-electron chi connectivity index (χ2n) is 6.05. The van der Waals surface area contributed by atoms with E-state index in [1.54, 1.807) is 18.2 Å². The van der Waals surface area contributed by atoms with Gasteiger partial charge in [0.25, 0.3) is 5.91 Å². The van der Waals surface area contributed by atoms with Crippen molar-refractivity contribution in [2.45, 2.75) is 13.3 Å². The molecule has 28 heavy (non-hydrogen) atoms. The molecule has 3 rings (SSSR count). The number of halogens is 1. The summed E-state index contributed by atoms with van der Waals surface area (Å²) in [5.41, 5.74) is 2.42. The molecule has 0 atom stereocenters. The van der Waals surface area contributed by atoms with Gasteiger partial charge in [-0.15, -0.1) is 0 Å². The van der Waals surface area contributed by atoms with E-state index >= 15 is 0 Å². The normalized spacial score (nSPS) is 10.5. The average molecular weight is 399 g/mol. The Balaban J connectivity index is 1.81. The van der Waals surface area contributed by atoms with Crippen molar-refractivity contribution in [2.24, 2.45) is 0 Å². The molecule has 0 radical (unpaired) electrons. The molecule has 3 aromatic rings. The van der Waals surface area contributed by atoms with Crippen LogP contribution >= 0.6 is 11.6 Å². The van der Waals surface area contributed by atoms with Crippen molar-refractivity contribution in [3.05, 3.63) is 64.8 Å². The van der Waals surface area contributed by atoms with Gasteiger partial charge in [-0.2, -0.15) is 0 Å². The molecule has 144 valence electrons. The van der Waals surface area contributed by atoms with Gasteiger partial charge in [0.05, 0.1) is 12.6 Å². The minimum atomic E-state index is -0.595. The number of methoxy groups -OCH3 is 1. The van der Waals surface area contributed by atoms with E-state index in [-0.39, 0.29) is 18.2 Å². The number of benzene rings is 2. The fourth-order valence-electron chi connectivity index (χ4n) is 2.71. The lowest BCUT2D eigenvalue weighted by Crippen LogP contribution is -2.20. The predicted molar refractivity (Wildman–Crippen MR) is 108 cm³/mol. The molecule has 7 heteroatoms. The molecule has 1 amide bonds. The maximum Gasteiger partial charge on any atom is 0.356 e. The summed E-state index contributed by atoms with van der Waals surface area (Å²) >= 11 is 6.06. The quantitative estimate of drug-likeness (QED) is 0.628. The number of aryl methyl sites for hydroxylation is 1. The first-order valence-corrected chi connectivity index (χ1v) is 9.08. The van der Waals surface area contributed by atoms with Gasteiger partial charge in [0, 0.05) is 22.2 Å². The zero-order valence-electron chi connectivity index (χ0n) is 15.5. The molecule has 0 bridgehead atoms. The summed E-state index contributed by atoms with van der Waals surface area (Å²) in [6.45, 7) is 1.81. The SMILES string of the molecule is CCc1cccc(NC(=O)COc2cc(C(=O)OC)nc3ccc(Cl)cc23)c1. The number of pyridine rings is 1. The van der Waals surface area contributed by atoms with Gasteiger partial charge in [0.15, 0.2) is 12.3 Å². The molecule has 0 fully saturated rings. The summed E-state index contributed by atoms with van der Waals surface area (Å²) < 4.78 is 10.4. The lowest BCUT2D eigenvalue weighted by atomic mass is 10.1. The molecule has 1 N–H and O–H groups in total. The number of rotatable bonds is 6. The molecule has 2 aromatic carbocycles. The third-order valence-electron chi connectivity index (χ3n) is 4.11. The van der Waals surface area contributed by atoms with Crippen LogP contribution in [0, 0.1) is 0 Å². The number of nitrogens with zero attached hydrogens (tertiary/aromatic N) is 1. The lowest BCUT2D eigenvalue weighted by Gasteiger charge is -2.12. The molecule has 0 aliphatic heterocycles. The number of aromatic nitrogens is 1. The van der Waals surface area contributed by atoms with Crippen molar-refractivity contribution in [1.82, 2.24) is 4.98 Å². The lowest BCUT2D eigenvalue weighted by molar-refractivity contribution is -0.118. The Morgan fingerprint density at radius 1 is 1.14 bits per heavy atom. The highest BCUT2D eigenvalue weighted by Gasteiger charge is 2.15. The third-order valence-corrected chi connectivity index (χ3v) is 4.34. The smallest absolute Gasteiger partial charge is 0.356 e. The van der Waals surface area contributed by atoms with Crippen LogP contribution in [0.3, 0.4) is 0 Å². The molecule has 0 unspecified atom stereocenters. The van der Waals surface area contributed by atoms with Crippen LogP contribution in [0.25, 0.3) is 10.9 Å². The van der Waals surface area contributed by atoms with E-state index in [2.05, 4.69) is 10.3 Å². The van der Waals surface area contributed by atoms with E-state index in [0.717, 1.165) is 12.0 Å². The number of carbonyl (C=O) groups is 2. The fourth-order valence-corrected chi connectivity index (χ4v) is 2.88. The highest BCUT2D eigenvalue weighted by Crippen LogP contribution is 2.28. The topological polar surface area (TPSA) is 77.5 Å². The van der Waals surface area contributed by atoms with Crippen LogP contribution in [0.2, 0.25) is 5.02 Å². The van der Waals surface area contributed by atoms with Crippen molar-refractivity contribution in [2.75, 3.05) is 19.0 Å². The van der Waals surface area contributed by atoms with E-state index in [9.17, 15) is 9.59 Å². The highest BCUT2D eigenvalue weighted by molar-refractivity contribution is 6.31. The van der Waals surface area contributed by atoms with Crippen molar-refractivity contribution in [3.8, 4) is 5.75 Å². The molecule has 0 spiro atoms. The minimum Gasteiger partial charge on any atom is -0.483 e. The summed E-state index contributed by atoms with van der Waals surface area (Å²) in [6.07, 6.45) is 0.875. The number of nitrogens with one attached hydrogen (secondary N) is 1. The summed E-state index contributed by atoms with van der Waals surface area (Å²) in [4.78, 5) is 28.4. The largest absolute Gasteiger partial charge is 0.483 e. The first-order valence-electron chi connectivity index (χ1n) is 8.70. The van der Waals surface area contributed by atoms with E-state index < -0.39 is 5.97 Å². The Morgan fingerprint density at radius 3 is 2.71 bits per heavy atom. The number of ether oxygens (including phenoxy) is 2. The van der Waals surface area contributed by atoms with Crippen LogP contribution in [-0.4, -0.2) is 30.6 Å². The molecular weight excluding hydrogens is 380 g/mol. The number of amides is 1. The Hall–Kier alpha value is -3.12. The summed E-state index contributed by atoms with van der Waals surface area (Å²) in [5.74, 6) is -0.590. The van der Waals surface area contributed by atoms with Crippen LogP contribution < -0.4 is 10.1 Å². The molecule has 0 aliphatic rings. The van der Waals surface area contributed by atoms with E-state index in [1.165, 1.54) is 13.2 Å². The van der Waals surface area contributed by atoms with E-state index in [0.29, 0.717) is 27.4 Å². The van der Waals surface area contributed by atoms with Crippen molar-refractivity contribution < 1.29 is 19.1 Å². The molecule has 1 aromatic heterocycles. The predicted octanol–water partition coefficient (Wildman–Crippen LogP) is 4.25. The van der Waals surface area contributed by atoms with Gasteiger partial charge < -0.3 is 14.8 Å². The average Bonchev–Trinajstić information content (AvgIpc) is 2.71. The van der Waals surface area contributed by atoms with Crippen molar-refractivity contribution in [3.63, 3.8) is 0 Å². The van der Waals surface area contributed by atoms with Crippen LogP contribution in [0.4, 0.5) is 5.69 Å². The number of fused-ring (bicyclic) bond motifs is 1. The van der Waals surface area contributed by atoms with Gasteiger partial charge in [-0.1, -0.05) is 30.7 Å². The zero-order chi connectivity index (χ0) is 20.1. The number of esters is 1. The molecular formula is C21H19ClN2O4. The van der Waals surface area contributed by atoms with Gasteiger partial charge in [0.2, 0.25) is 0 Å². The van der Waals surface area contributed by atoms with E-state index in [4.69, 9.17) is 21.1 Å². The fraction of sp³-hybridized carbons (Fsp3) is 0.190. The summed E-state index contributed by atoms with van der Waals surface area (Å²) in [5, 5.41) is 3.89. The van der Waals surface area contributed by atoms with Crippen molar-refractivity contribution in [1.29, 1.82) is 0 Å². The Bertz CT molecular complexity index is 1040. The van der Waals surface area contributed by atoms with Gasteiger partial charge in [0.1, 0.15) is 5.75 Å². The first-order chi connectivity index (χ1) is 13.5. The number of anilines is 1. The number of hydrogen-bond donors (Lipinski definition) is 1. The van der Waals surface area contributed by atoms with Crippen molar-refractivity contribution >= 4 is 40.1 Å². The second-order valence-corrected chi connectivity index (χ2v) is 6.49. The van der Waals surface area contributed by atoms with Crippen LogP contribution in [-0.2, 0) is 16.0 Å². The monoisotopic (exact) mass is 398 g/mol. The van der Waals surface area contributed by atoms with Gasteiger partial charge in [-0.25, -0.2) is 9.78 Å². The first kappa shape index (κ1) is 19.6. The molecule has 0 saturated carbocycles.